The maximum absolute atomic E-state index is 13.9. The number of carbonyl (C=O) groups is 1. The van der Waals surface area contributed by atoms with E-state index >= 15 is 0 Å². The van der Waals surface area contributed by atoms with Crippen LogP contribution in [0.1, 0.15) is 48.9 Å². The molecule has 0 aromatic heterocycles. The Labute approximate surface area is 249 Å². The lowest BCUT2D eigenvalue weighted by Crippen LogP contribution is -2.45. The van der Waals surface area contributed by atoms with Crippen LogP contribution in [0.25, 0.3) is 0 Å². The van der Waals surface area contributed by atoms with Crippen molar-refractivity contribution >= 4 is 40.7 Å². The first-order valence-corrected chi connectivity index (χ1v) is 14.3. The van der Waals surface area contributed by atoms with Gasteiger partial charge in [-0.1, -0.05) is 71.2 Å². The molecule has 0 saturated carbocycles. The quantitative estimate of drug-likeness (QED) is 0.322. The fourth-order valence-corrected chi connectivity index (χ4v) is 6.44. The van der Waals surface area contributed by atoms with Crippen molar-refractivity contribution in [3.8, 4) is 6.07 Å². The van der Waals surface area contributed by atoms with Crippen LogP contribution in [0.15, 0.2) is 72.8 Å². The van der Waals surface area contributed by atoms with Crippen LogP contribution in [0, 0.1) is 11.3 Å². The second-order valence-corrected chi connectivity index (χ2v) is 12.0. The molecule has 9 heteroatoms. The van der Waals surface area contributed by atoms with Gasteiger partial charge in [0.2, 0.25) is 5.91 Å². The second kappa shape index (κ2) is 11.7. The molecule has 6 nitrogen and oxygen atoms in total. The van der Waals surface area contributed by atoms with E-state index in [1.807, 2.05) is 62.4 Å². The summed E-state index contributed by atoms with van der Waals surface area (Å²) in [5.41, 5.74) is 1.10. The van der Waals surface area contributed by atoms with E-state index in [4.69, 9.17) is 44.3 Å². The number of carbonyl (C=O) groups excluding carboxylic acids is 1. The molecular weight excluding hydrogens is 569 g/mol. The maximum atomic E-state index is 13.9. The van der Waals surface area contributed by atoms with E-state index in [9.17, 15) is 10.1 Å². The van der Waals surface area contributed by atoms with Gasteiger partial charge >= 0.3 is 0 Å². The number of benzene rings is 3. The lowest BCUT2D eigenvalue weighted by molar-refractivity contribution is -0.138. The van der Waals surface area contributed by atoms with Gasteiger partial charge in [-0.05, 0) is 73.4 Å². The predicted octanol–water partition coefficient (Wildman–Crippen LogP) is 6.56. The number of hydrogen-bond donors (Lipinski definition) is 2. The van der Waals surface area contributed by atoms with Crippen LogP contribution in [0.3, 0.4) is 0 Å². The van der Waals surface area contributed by atoms with Gasteiger partial charge in [0.1, 0.15) is 5.41 Å². The highest BCUT2D eigenvalue weighted by Gasteiger charge is 2.59. The summed E-state index contributed by atoms with van der Waals surface area (Å²) >= 11 is 19.1. The second-order valence-electron chi connectivity index (χ2n) is 10.7. The third-order valence-corrected chi connectivity index (χ3v) is 8.36. The van der Waals surface area contributed by atoms with Gasteiger partial charge in [0, 0.05) is 27.5 Å². The summed E-state index contributed by atoms with van der Waals surface area (Å²) in [5, 5.41) is 19.3. The Kier molecular flexibility index (Phi) is 8.45. The summed E-state index contributed by atoms with van der Waals surface area (Å²) in [4.78, 5) is 13.9. The minimum absolute atomic E-state index is 0.109. The van der Waals surface area contributed by atoms with E-state index in [0.29, 0.717) is 34.6 Å². The van der Waals surface area contributed by atoms with Gasteiger partial charge in [0.05, 0.1) is 30.9 Å². The van der Waals surface area contributed by atoms with Gasteiger partial charge in [0.25, 0.3) is 0 Å². The molecule has 2 aliphatic rings. The molecule has 5 rings (SSSR count). The van der Waals surface area contributed by atoms with Crippen molar-refractivity contribution in [2.24, 2.45) is 0 Å². The topological polar surface area (TPSA) is 83.4 Å². The largest absolute Gasteiger partial charge is 0.355 e. The van der Waals surface area contributed by atoms with Gasteiger partial charge in [-0.25, -0.2) is 0 Å². The minimum atomic E-state index is -1.20. The Balaban J connectivity index is 1.56. The van der Waals surface area contributed by atoms with Gasteiger partial charge in [-0.3, -0.25) is 10.1 Å². The molecule has 2 fully saturated rings. The third kappa shape index (κ3) is 5.73. The molecule has 0 bridgehead atoms. The molecule has 1 amide bonds. The van der Waals surface area contributed by atoms with Gasteiger partial charge < -0.3 is 14.8 Å². The highest BCUT2D eigenvalue weighted by molar-refractivity contribution is 6.31. The molecule has 208 valence electrons. The molecule has 2 aliphatic heterocycles. The lowest BCUT2D eigenvalue weighted by Gasteiger charge is -2.35. The Morgan fingerprint density at radius 3 is 2.25 bits per heavy atom. The summed E-state index contributed by atoms with van der Waals surface area (Å²) in [7, 11) is 0. The van der Waals surface area contributed by atoms with Crippen molar-refractivity contribution in [2.45, 2.75) is 55.6 Å². The van der Waals surface area contributed by atoms with Crippen LogP contribution in [0.4, 0.5) is 0 Å². The summed E-state index contributed by atoms with van der Waals surface area (Å²) in [5.74, 6) is -1.44. The monoisotopic (exact) mass is 597 g/mol. The predicted molar refractivity (Wildman–Crippen MR) is 157 cm³/mol. The molecule has 2 heterocycles. The number of nitrogens with zero attached hydrogens (tertiary/aromatic N) is 1. The number of rotatable bonds is 7. The summed E-state index contributed by atoms with van der Waals surface area (Å²) in [6, 6.07) is 23.3. The third-order valence-electron chi connectivity index (χ3n) is 7.64. The van der Waals surface area contributed by atoms with Gasteiger partial charge in [0.15, 0.2) is 5.79 Å². The highest BCUT2D eigenvalue weighted by atomic mass is 35.5. The average molecular weight is 599 g/mol. The van der Waals surface area contributed by atoms with Crippen LogP contribution in [0.2, 0.25) is 15.1 Å². The molecule has 3 aromatic rings. The number of hydrogen-bond acceptors (Lipinski definition) is 5. The Bertz CT molecular complexity index is 1430. The molecule has 0 unspecified atom stereocenters. The number of amides is 1. The van der Waals surface area contributed by atoms with Crippen molar-refractivity contribution in [3.05, 3.63) is 105 Å². The normalized spacial score (nSPS) is 27.3. The van der Waals surface area contributed by atoms with Crippen LogP contribution < -0.4 is 10.6 Å². The lowest BCUT2D eigenvalue weighted by atomic mass is 9.64. The van der Waals surface area contributed by atoms with Crippen LogP contribution in [-0.2, 0) is 19.7 Å². The van der Waals surface area contributed by atoms with Crippen molar-refractivity contribution in [2.75, 3.05) is 13.2 Å². The van der Waals surface area contributed by atoms with E-state index in [2.05, 4.69) is 16.7 Å². The van der Waals surface area contributed by atoms with E-state index in [1.54, 1.807) is 24.3 Å². The maximum Gasteiger partial charge on any atom is 0.237 e. The SMILES string of the molecule is CC1(C)OC[C@H](CCNC(=O)[C@@H]2N[C@@H](c3cccc(Cl)c3)[C@](C#N)(c3ccc(Cl)cc3)[C@H]2c2cccc(Cl)c2)O1. The number of nitriles is 1. The summed E-state index contributed by atoms with van der Waals surface area (Å²) in [6.45, 7) is 4.61. The first kappa shape index (κ1) is 28.9. The molecule has 2 N–H and O–H groups in total. The standard InChI is InChI=1S/C31H30Cl3N3O3/c1-30(2)39-17-25(40-30)13-14-36-29(38)27-26(19-5-3-7-23(33)15-19)31(18-35,21-9-11-22(32)12-10-21)28(37-27)20-6-4-8-24(34)16-20/h3-12,15-16,25-28,37H,13-14,17H2,1-2H3,(H,36,38)/t25-,26-,27+,28-,31+/m0/s1. The van der Waals surface area contributed by atoms with E-state index in [-0.39, 0.29) is 12.0 Å². The molecule has 0 aliphatic carbocycles. The summed E-state index contributed by atoms with van der Waals surface area (Å²) in [6.07, 6.45) is 0.490. The Hall–Kier alpha value is -2.63. The molecule has 0 radical (unpaired) electrons. The van der Waals surface area contributed by atoms with Gasteiger partial charge in [-0.15, -0.1) is 0 Å². The number of nitrogens with one attached hydrogen (secondary N) is 2. The molecule has 0 spiro atoms. The fraction of sp³-hybridized carbons (Fsp3) is 0.355. The number of ether oxygens (including phenoxy) is 2. The highest BCUT2D eigenvalue weighted by Crippen LogP contribution is 2.54. The first-order valence-electron chi connectivity index (χ1n) is 13.2. The molecule has 2 saturated heterocycles. The van der Waals surface area contributed by atoms with Crippen molar-refractivity contribution in [1.82, 2.24) is 10.6 Å². The Morgan fingerprint density at radius 1 is 1.00 bits per heavy atom. The van der Waals surface area contributed by atoms with Crippen LogP contribution >= 0.6 is 34.8 Å². The average Bonchev–Trinajstić information content (AvgIpc) is 3.46. The zero-order valence-electron chi connectivity index (χ0n) is 22.2. The number of halogens is 3. The zero-order chi connectivity index (χ0) is 28.5. The molecule has 40 heavy (non-hydrogen) atoms. The molecule has 3 aromatic carbocycles. The fourth-order valence-electron chi connectivity index (χ4n) is 5.92. The smallest absolute Gasteiger partial charge is 0.237 e. The van der Waals surface area contributed by atoms with Crippen molar-refractivity contribution < 1.29 is 14.3 Å². The zero-order valence-corrected chi connectivity index (χ0v) is 24.4. The van der Waals surface area contributed by atoms with E-state index in [1.165, 1.54) is 0 Å². The van der Waals surface area contributed by atoms with E-state index in [0.717, 1.165) is 16.7 Å². The van der Waals surface area contributed by atoms with Crippen molar-refractivity contribution in [3.63, 3.8) is 0 Å². The summed E-state index contributed by atoms with van der Waals surface area (Å²) < 4.78 is 11.5. The first-order chi connectivity index (χ1) is 19.1. The van der Waals surface area contributed by atoms with Crippen molar-refractivity contribution in [1.29, 1.82) is 5.26 Å². The van der Waals surface area contributed by atoms with E-state index < -0.39 is 29.2 Å². The van der Waals surface area contributed by atoms with Crippen LogP contribution in [-0.4, -0.2) is 37.0 Å². The van der Waals surface area contributed by atoms with Gasteiger partial charge in [-0.2, -0.15) is 5.26 Å². The minimum Gasteiger partial charge on any atom is -0.355 e. The molecule has 5 atom stereocenters. The molecular formula is C31H30Cl3N3O3. The van der Waals surface area contributed by atoms with Crippen LogP contribution in [0.5, 0.6) is 0 Å². The Morgan fingerprint density at radius 2 is 1.65 bits per heavy atom.